The number of pyridine rings is 1. The molecule has 24 heavy (non-hydrogen) atoms. The highest BCUT2D eigenvalue weighted by atomic mass is 32.1. The normalized spacial score (nSPS) is 16.5. The van der Waals surface area contributed by atoms with Crippen LogP contribution >= 0.6 is 11.3 Å². The molecule has 1 fully saturated rings. The van der Waals surface area contributed by atoms with Crippen LogP contribution in [0.4, 0.5) is 0 Å². The maximum Gasteiger partial charge on any atom is 0.113 e. The number of hydrogen-bond acceptors (Lipinski definition) is 6. The van der Waals surface area contributed by atoms with Crippen molar-refractivity contribution < 1.29 is 0 Å². The van der Waals surface area contributed by atoms with Crippen molar-refractivity contribution in [2.45, 2.75) is 25.9 Å². The smallest absolute Gasteiger partial charge is 0.113 e. The summed E-state index contributed by atoms with van der Waals surface area (Å²) in [5, 5.41) is 11.8. The van der Waals surface area contributed by atoms with Crippen molar-refractivity contribution >= 4 is 11.3 Å². The molecule has 0 amide bonds. The SMILES string of the molecule is c1cc(-c2cn(CC3CCN(Cc4nccs4)CC3)nn2)ccn1. The van der Waals surface area contributed by atoms with Gasteiger partial charge in [0.25, 0.3) is 0 Å². The Labute approximate surface area is 145 Å². The van der Waals surface area contributed by atoms with Gasteiger partial charge in [-0.05, 0) is 44.0 Å². The molecule has 0 aliphatic carbocycles. The molecular formula is C17H20N6S. The van der Waals surface area contributed by atoms with Crippen LogP contribution in [0.5, 0.6) is 0 Å². The zero-order valence-corrected chi connectivity index (χ0v) is 14.3. The van der Waals surface area contributed by atoms with E-state index in [-0.39, 0.29) is 0 Å². The Balaban J connectivity index is 1.30. The van der Waals surface area contributed by atoms with Gasteiger partial charge in [0.1, 0.15) is 10.7 Å². The minimum absolute atomic E-state index is 0.671. The van der Waals surface area contributed by atoms with Crippen molar-refractivity contribution in [3.8, 4) is 11.3 Å². The lowest BCUT2D eigenvalue weighted by Gasteiger charge is -2.31. The fourth-order valence-electron chi connectivity index (χ4n) is 3.16. The van der Waals surface area contributed by atoms with Crippen LogP contribution in [-0.2, 0) is 13.1 Å². The molecule has 6 nitrogen and oxygen atoms in total. The summed E-state index contributed by atoms with van der Waals surface area (Å²) in [7, 11) is 0. The number of nitrogens with zero attached hydrogens (tertiary/aromatic N) is 6. The van der Waals surface area contributed by atoms with Crippen LogP contribution in [0.15, 0.2) is 42.3 Å². The zero-order chi connectivity index (χ0) is 16.2. The van der Waals surface area contributed by atoms with Crippen molar-refractivity contribution in [1.29, 1.82) is 0 Å². The molecule has 1 saturated heterocycles. The van der Waals surface area contributed by atoms with Gasteiger partial charge < -0.3 is 0 Å². The summed E-state index contributed by atoms with van der Waals surface area (Å²) >= 11 is 1.74. The van der Waals surface area contributed by atoms with Gasteiger partial charge in [-0.25, -0.2) is 4.98 Å². The van der Waals surface area contributed by atoms with Gasteiger partial charge in [-0.1, -0.05) is 5.21 Å². The van der Waals surface area contributed by atoms with E-state index in [1.165, 1.54) is 17.8 Å². The molecule has 1 aliphatic heterocycles. The van der Waals surface area contributed by atoms with Crippen LogP contribution in [-0.4, -0.2) is 43.0 Å². The van der Waals surface area contributed by atoms with E-state index in [0.717, 1.165) is 37.4 Å². The maximum atomic E-state index is 4.38. The first-order valence-corrected chi connectivity index (χ1v) is 9.16. The number of thiazole rings is 1. The van der Waals surface area contributed by atoms with E-state index in [1.54, 1.807) is 23.7 Å². The minimum Gasteiger partial charge on any atom is -0.297 e. The van der Waals surface area contributed by atoms with Crippen LogP contribution < -0.4 is 0 Å². The fraction of sp³-hybridized carbons (Fsp3) is 0.412. The molecule has 0 radical (unpaired) electrons. The van der Waals surface area contributed by atoms with Crippen molar-refractivity contribution in [2.24, 2.45) is 5.92 Å². The van der Waals surface area contributed by atoms with Crippen molar-refractivity contribution in [1.82, 2.24) is 29.9 Å². The molecule has 0 N–H and O–H groups in total. The topological polar surface area (TPSA) is 59.7 Å². The van der Waals surface area contributed by atoms with E-state index in [9.17, 15) is 0 Å². The van der Waals surface area contributed by atoms with Gasteiger partial charge in [-0.2, -0.15) is 0 Å². The monoisotopic (exact) mass is 340 g/mol. The van der Waals surface area contributed by atoms with Gasteiger partial charge in [0.2, 0.25) is 0 Å². The molecular weight excluding hydrogens is 320 g/mol. The Morgan fingerprint density at radius 1 is 1.12 bits per heavy atom. The molecule has 4 rings (SSSR count). The summed E-state index contributed by atoms with van der Waals surface area (Å²) in [6, 6.07) is 3.93. The van der Waals surface area contributed by atoms with Crippen LogP contribution in [0.3, 0.4) is 0 Å². The summed E-state index contributed by atoms with van der Waals surface area (Å²) in [6.45, 7) is 4.20. The third-order valence-corrected chi connectivity index (χ3v) is 5.27. The van der Waals surface area contributed by atoms with Gasteiger partial charge in [-0.15, -0.1) is 16.4 Å². The molecule has 1 aliphatic rings. The lowest BCUT2D eigenvalue weighted by Crippen LogP contribution is -2.34. The molecule has 124 valence electrons. The van der Waals surface area contributed by atoms with Gasteiger partial charge in [0.05, 0.1) is 12.7 Å². The second-order valence-electron chi connectivity index (χ2n) is 6.21. The Hall–Kier alpha value is -2.12. The molecule has 0 bridgehead atoms. The molecule has 0 atom stereocenters. The minimum atomic E-state index is 0.671. The van der Waals surface area contributed by atoms with Crippen LogP contribution in [0.2, 0.25) is 0 Å². The first-order valence-electron chi connectivity index (χ1n) is 8.28. The first kappa shape index (κ1) is 15.4. The van der Waals surface area contributed by atoms with Crippen LogP contribution in [0, 0.1) is 5.92 Å². The largest absolute Gasteiger partial charge is 0.297 e. The molecule has 0 saturated carbocycles. The lowest BCUT2D eigenvalue weighted by molar-refractivity contribution is 0.164. The summed E-state index contributed by atoms with van der Waals surface area (Å²) in [5.74, 6) is 0.671. The van der Waals surface area contributed by atoms with Crippen molar-refractivity contribution in [3.05, 3.63) is 47.3 Å². The molecule has 3 aromatic heterocycles. The molecule has 3 aromatic rings. The lowest BCUT2D eigenvalue weighted by atomic mass is 9.97. The average Bonchev–Trinajstić information content (AvgIpc) is 3.29. The number of hydrogen-bond donors (Lipinski definition) is 0. The summed E-state index contributed by atoms with van der Waals surface area (Å²) in [6.07, 6.45) is 9.90. The Morgan fingerprint density at radius 2 is 1.96 bits per heavy atom. The predicted octanol–water partition coefficient (Wildman–Crippen LogP) is 2.71. The van der Waals surface area contributed by atoms with E-state index < -0.39 is 0 Å². The summed E-state index contributed by atoms with van der Waals surface area (Å²) < 4.78 is 1.98. The molecule has 0 aromatic carbocycles. The second-order valence-corrected chi connectivity index (χ2v) is 7.19. The quantitative estimate of drug-likeness (QED) is 0.715. The Kier molecular flexibility index (Phi) is 4.62. The van der Waals surface area contributed by atoms with E-state index >= 15 is 0 Å². The highest BCUT2D eigenvalue weighted by molar-refractivity contribution is 7.09. The molecule has 0 spiro atoms. The Morgan fingerprint density at radius 3 is 2.71 bits per heavy atom. The predicted molar refractivity (Wildman–Crippen MR) is 93.4 cm³/mol. The highest BCUT2D eigenvalue weighted by Gasteiger charge is 2.20. The molecule has 4 heterocycles. The van der Waals surface area contributed by atoms with Crippen LogP contribution in [0.25, 0.3) is 11.3 Å². The number of likely N-dealkylation sites (tertiary alicyclic amines) is 1. The first-order chi connectivity index (χ1) is 11.9. The van der Waals surface area contributed by atoms with E-state index in [1.807, 2.05) is 34.6 Å². The van der Waals surface area contributed by atoms with Crippen LogP contribution in [0.1, 0.15) is 17.8 Å². The van der Waals surface area contributed by atoms with Gasteiger partial charge >= 0.3 is 0 Å². The van der Waals surface area contributed by atoms with Gasteiger partial charge in [-0.3, -0.25) is 14.6 Å². The molecule has 0 unspecified atom stereocenters. The number of piperidine rings is 1. The maximum absolute atomic E-state index is 4.38. The van der Waals surface area contributed by atoms with Crippen molar-refractivity contribution in [3.63, 3.8) is 0 Å². The third kappa shape index (κ3) is 3.68. The number of rotatable bonds is 5. The number of aromatic nitrogens is 5. The summed E-state index contributed by atoms with van der Waals surface area (Å²) in [4.78, 5) is 10.9. The van der Waals surface area contributed by atoms with Gasteiger partial charge in [0, 0.05) is 36.1 Å². The Bertz CT molecular complexity index is 747. The second kappa shape index (κ2) is 7.19. The fourth-order valence-corrected chi connectivity index (χ4v) is 3.81. The highest BCUT2D eigenvalue weighted by Crippen LogP contribution is 2.22. The third-order valence-electron chi connectivity index (χ3n) is 4.51. The van der Waals surface area contributed by atoms with E-state index in [4.69, 9.17) is 0 Å². The van der Waals surface area contributed by atoms with E-state index in [2.05, 4.69) is 25.2 Å². The average molecular weight is 340 g/mol. The van der Waals surface area contributed by atoms with Crippen molar-refractivity contribution in [2.75, 3.05) is 13.1 Å². The zero-order valence-electron chi connectivity index (χ0n) is 13.5. The molecule has 7 heteroatoms. The summed E-state index contributed by atoms with van der Waals surface area (Å²) in [5.41, 5.74) is 1.98. The van der Waals surface area contributed by atoms with E-state index in [0.29, 0.717) is 5.92 Å². The van der Waals surface area contributed by atoms with Gasteiger partial charge in [0.15, 0.2) is 0 Å². The standard InChI is InChI=1S/C17H20N6S/c1-5-18-6-2-15(1)16-12-23(21-20-16)11-14-3-8-22(9-4-14)13-17-19-7-10-24-17/h1-2,5-7,10,12,14H,3-4,8-9,11,13H2.